The number of aliphatic hydroxyl groups is 1. The molecule has 28 heavy (non-hydrogen) atoms. The molecular formula is C18H16N2O8. The van der Waals surface area contributed by atoms with Crippen LogP contribution in [0.15, 0.2) is 51.0 Å². The number of nitro groups is 1. The summed E-state index contributed by atoms with van der Waals surface area (Å²) in [6, 6.07) is 6.66. The Bertz CT molecular complexity index is 1040. The highest BCUT2D eigenvalue weighted by Gasteiger charge is 2.41. The first kappa shape index (κ1) is 19.1. The van der Waals surface area contributed by atoms with E-state index in [4.69, 9.17) is 19.6 Å². The molecule has 1 aliphatic heterocycles. The smallest absolute Gasteiger partial charge is 0.340 e. The van der Waals surface area contributed by atoms with Crippen molar-refractivity contribution in [2.75, 3.05) is 6.61 Å². The van der Waals surface area contributed by atoms with Gasteiger partial charge in [-0.15, -0.1) is 0 Å². The van der Waals surface area contributed by atoms with E-state index in [0.717, 1.165) is 6.07 Å². The molecule has 0 aliphatic carbocycles. The van der Waals surface area contributed by atoms with Crippen LogP contribution in [0.4, 0.5) is 5.69 Å². The van der Waals surface area contributed by atoms with Gasteiger partial charge in [0.05, 0.1) is 17.4 Å². The Balaban J connectivity index is 2.35. The Labute approximate surface area is 157 Å². The minimum Gasteiger partial charge on any atom is -0.462 e. The van der Waals surface area contributed by atoms with Gasteiger partial charge in [0.25, 0.3) is 5.69 Å². The maximum Gasteiger partial charge on any atom is 0.340 e. The van der Waals surface area contributed by atoms with Crippen LogP contribution in [0.1, 0.15) is 29.9 Å². The lowest BCUT2D eigenvalue weighted by molar-refractivity contribution is -0.385. The van der Waals surface area contributed by atoms with Gasteiger partial charge in [-0.25, -0.2) is 4.79 Å². The van der Waals surface area contributed by atoms with Crippen LogP contribution in [0.2, 0.25) is 0 Å². The average molecular weight is 388 g/mol. The normalized spacial score (nSPS) is 15.6. The quantitative estimate of drug-likeness (QED) is 0.438. The van der Waals surface area contributed by atoms with Crippen molar-refractivity contribution >= 4 is 11.7 Å². The predicted octanol–water partition coefficient (Wildman–Crippen LogP) is 1.30. The number of carbonyl (C=O) groups is 1. The second kappa shape index (κ2) is 7.53. The number of benzene rings is 1. The molecule has 0 unspecified atom stereocenters. The number of hydrogen-bond donors (Lipinski definition) is 2. The number of ether oxygens (including phenoxy) is 2. The number of nitrogens with zero attached hydrogens (tertiary/aromatic N) is 1. The van der Waals surface area contributed by atoms with Crippen molar-refractivity contribution in [2.45, 2.75) is 19.4 Å². The number of carbonyl (C=O) groups excluding carboxylic acids is 1. The molecular weight excluding hydrogens is 372 g/mol. The van der Waals surface area contributed by atoms with Gasteiger partial charge in [-0.2, -0.15) is 0 Å². The molecule has 1 aliphatic rings. The van der Waals surface area contributed by atoms with Gasteiger partial charge in [0.1, 0.15) is 17.9 Å². The number of nitrogens with two attached hydrogens (primary N) is 1. The summed E-state index contributed by atoms with van der Waals surface area (Å²) < 4.78 is 15.8. The molecule has 10 nitrogen and oxygen atoms in total. The Morgan fingerprint density at radius 1 is 1.39 bits per heavy atom. The van der Waals surface area contributed by atoms with Crippen LogP contribution >= 0.6 is 0 Å². The number of hydrogen-bond acceptors (Lipinski definition) is 9. The number of fused-ring (bicyclic) bond motifs is 1. The zero-order valence-corrected chi connectivity index (χ0v) is 14.7. The molecule has 0 spiro atoms. The molecule has 3 N–H and O–H groups in total. The average Bonchev–Trinajstić information content (AvgIpc) is 2.67. The summed E-state index contributed by atoms with van der Waals surface area (Å²) in [5.41, 5.74) is 4.73. The highest BCUT2D eigenvalue weighted by atomic mass is 16.6. The van der Waals surface area contributed by atoms with E-state index in [-0.39, 0.29) is 40.7 Å². The van der Waals surface area contributed by atoms with E-state index in [9.17, 15) is 24.8 Å². The lowest BCUT2D eigenvalue weighted by atomic mass is 9.85. The highest BCUT2D eigenvalue weighted by Crippen LogP contribution is 2.44. The fourth-order valence-electron chi connectivity index (χ4n) is 2.98. The first-order valence-electron chi connectivity index (χ1n) is 8.24. The van der Waals surface area contributed by atoms with E-state index in [0.29, 0.717) is 0 Å². The lowest BCUT2D eigenvalue weighted by Gasteiger charge is -2.26. The van der Waals surface area contributed by atoms with Gasteiger partial charge in [0.2, 0.25) is 17.1 Å². The number of para-hydroxylation sites is 1. The lowest BCUT2D eigenvalue weighted by Crippen LogP contribution is -2.30. The van der Waals surface area contributed by atoms with Crippen molar-refractivity contribution in [3.05, 3.63) is 79.2 Å². The van der Waals surface area contributed by atoms with E-state index < -0.39 is 34.7 Å². The molecule has 0 fully saturated rings. The molecule has 10 heteroatoms. The van der Waals surface area contributed by atoms with Gasteiger partial charge in [0.15, 0.2) is 5.76 Å². The molecule has 1 aromatic carbocycles. The third kappa shape index (κ3) is 3.21. The van der Waals surface area contributed by atoms with Crippen LogP contribution in [0.5, 0.6) is 5.75 Å². The molecule has 1 atom stereocenters. The van der Waals surface area contributed by atoms with Crippen molar-refractivity contribution in [3.63, 3.8) is 0 Å². The summed E-state index contributed by atoms with van der Waals surface area (Å²) in [6.45, 7) is 1.00. The number of aliphatic hydroxyl groups excluding tert-OH is 1. The fraction of sp³-hybridized carbons (Fsp3) is 0.222. The molecule has 3 rings (SSSR count). The fourth-order valence-corrected chi connectivity index (χ4v) is 2.98. The minimum absolute atomic E-state index is 0.0205. The summed E-state index contributed by atoms with van der Waals surface area (Å²) >= 11 is 0. The van der Waals surface area contributed by atoms with Gasteiger partial charge in [0, 0.05) is 17.7 Å². The molecule has 0 radical (unpaired) electrons. The van der Waals surface area contributed by atoms with Crippen molar-refractivity contribution in [2.24, 2.45) is 5.73 Å². The van der Waals surface area contributed by atoms with Crippen LogP contribution in [-0.4, -0.2) is 22.6 Å². The zero-order chi connectivity index (χ0) is 20.4. The van der Waals surface area contributed by atoms with Gasteiger partial charge < -0.3 is 24.7 Å². The van der Waals surface area contributed by atoms with E-state index in [1.165, 1.54) is 24.3 Å². The van der Waals surface area contributed by atoms with E-state index in [1.54, 1.807) is 6.92 Å². The second-order valence-electron chi connectivity index (χ2n) is 5.78. The molecule has 2 heterocycles. The van der Waals surface area contributed by atoms with Crippen LogP contribution in [0, 0.1) is 10.1 Å². The summed E-state index contributed by atoms with van der Waals surface area (Å²) in [7, 11) is 0. The van der Waals surface area contributed by atoms with Gasteiger partial charge in [-0.3, -0.25) is 14.9 Å². The minimum atomic E-state index is -1.23. The maximum atomic E-state index is 12.5. The van der Waals surface area contributed by atoms with E-state index in [2.05, 4.69) is 0 Å². The van der Waals surface area contributed by atoms with Gasteiger partial charge >= 0.3 is 5.97 Å². The maximum absolute atomic E-state index is 12.5. The topological polar surface area (TPSA) is 155 Å². The predicted molar refractivity (Wildman–Crippen MR) is 94.3 cm³/mol. The van der Waals surface area contributed by atoms with Crippen LogP contribution in [0.25, 0.3) is 0 Å². The Morgan fingerprint density at radius 3 is 2.75 bits per heavy atom. The van der Waals surface area contributed by atoms with Crippen molar-refractivity contribution in [3.8, 4) is 5.75 Å². The third-order valence-corrected chi connectivity index (χ3v) is 4.10. The standard InChI is InChI=1S/C18H16N2O8/c1-2-26-18(23)14-13(10-5-3-4-6-11(10)20(24)25)16-15(28-17(14)19)12(22)7-9(8-21)27-16/h3-7,13,21H,2,8,19H2,1H3/t13-/m1/s1. The molecule has 1 aromatic heterocycles. The van der Waals surface area contributed by atoms with E-state index >= 15 is 0 Å². The first-order chi connectivity index (χ1) is 13.4. The SMILES string of the molecule is CCOC(=O)C1=C(N)Oc2c(oc(CO)cc2=O)[C@@H]1c1ccccc1[N+](=O)[O-]. The van der Waals surface area contributed by atoms with E-state index in [1.807, 2.05) is 0 Å². The summed E-state index contributed by atoms with van der Waals surface area (Å²) in [5.74, 6) is -3.11. The van der Waals surface area contributed by atoms with Crippen LogP contribution < -0.4 is 15.9 Å². The summed E-state index contributed by atoms with van der Waals surface area (Å²) in [5, 5.41) is 20.9. The third-order valence-electron chi connectivity index (χ3n) is 4.10. The summed E-state index contributed by atoms with van der Waals surface area (Å²) in [6.07, 6.45) is 0. The first-order valence-corrected chi connectivity index (χ1v) is 8.24. The molecule has 0 saturated heterocycles. The molecule has 0 amide bonds. The molecule has 2 aromatic rings. The Morgan fingerprint density at radius 2 is 2.11 bits per heavy atom. The molecule has 146 valence electrons. The largest absolute Gasteiger partial charge is 0.462 e. The molecule has 0 saturated carbocycles. The monoisotopic (exact) mass is 388 g/mol. The highest BCUT2D eigenvalue weighted by molar-refractivity contribution is 5.92. The molecule has 0 bridgehead atoms. The Hall–Kier alpha value is -3.66. The van der Waals surface area contributed by atoms with Crippen molar-refractivity contribution in [1.82, 2.24) is 0 Å². The Kier molecular flexibility index (Phi) is 5.14. The van der Waals surface area contributed by atoms with Gasteiger partial charge in [-0.05, 0) is 6.92 Å². The van der Waals surface area contributed by atoms with Crippen molar-refractivity contribution in [1.29, 1.82) is 0 Å². The second-order valence-corrected chi connectivity index (χ2v) is 5.78. The summed E-state index contributed by atoms with van der Waals surface area (Å²) in [4.78, 5) is 35.8. The zero-order valence-electron chi connectivity index (χ0n) is 14.7. The number of esters is 1. The number of nitro benzene ring substituents is 1. The number of rotatable bonds is 5. The van der Waals surface area contributed by atoms with Crippen LogP contribution in [-0.2, 0) is 16.1 Å². The van der Waals surface area contributed by atoms with Crippen molar-refractivity contribution < 1.29 is 28.7 Å². The van der Waals surface area contributed by atoms with Crippen LogP contribution in [0.3, 0.4) is 0 Å². The van der Waals surface area contributed by atoms with Gasteiger partial charge in [-0.1, -0.05) is 18.2 Å².